The Balaban J connectivity index is 1.60. The Kier molecular flexibility index (Phi) is 7.44. The van der Waals surface area contributed by atoms with Gasteiger partial charge in [-0.1, -0.05) is 15.9 Å². The zero-order valence-corrected chi connectivity index (χ0v) is 21.4. The van der Waals surface area contributed by atoms with Crippen molar-refractivity contribution in [3.63, 3.8) is 0 Å². The van der Waals surface area contributed by atoms with Gasteiger partial charge in [0.2, 0.25) is 0 Å². The van der Waals surface area contributed by atoms with E-state index in [-0.39, 0.29) is 12.2 Å². The van der Waals surface area contributed by atoms with Gasteiger partial charge in [0.1, 0.15) is 17.4 Å². The molecular weight excluding hydrogens is 529 g/mol. The highest BCUT2D eigenvalue weighted by Crippen LogP contribution is 2.24. The lowest BCUT2D eigenvalue weighted by atomic mass is 10.2. The summed E-state index contributed by atoms with van der Waals surface area (Å²) in [6.45, 7) is 1.42. The lowest BCUT2D eigenvalue weighted by molar-refractivity contribution is -0.118. The number of carbonyl (C=O) groups excluding carboxylic acids is 1. The molecule has 10 heteroatoms. The van der Waals surface area contributed by atoms with Crippen LogP contribution in [0.1, 0.15) is 11.4 Å². The number of ether oxygens (including phenoxy) is 1. The number of carbonyl (C=O) groups is 1. The van der Waals surface area contributed by atoms with Crippen LogP contribution in [0.4, 0.5) is 15.8 Å². The van der Waals surface area contributed by atoms with E-state index in [9.17, 15) is 14.0 Å². The van der Waals surface area contributed by atoms with Gasteiger partial charge in [-0.3, -0.25) is 9.59 Å². The first kappa shape index (κ1) is 25.1. The smallest absolute Gasteiger partial charge is 0.282 e. The van der Waals surface area contributed by atoms with E-state index in [1.807, 2.05) is 31.1 Å². The maximum absolute atomic E-state index is 13.1. The monoisotopic (exact) mass is 551 g/mol. The maximum atomic E-state index is 13.1. The van der Waals surface area contributed by atoms with Crippen LogP contribution in [0.5, 0.6) is 5.75 Å². The molecule has 0 aliphatic carbocycles. The van der Waals surface area contributed by atoms with Crippen molar-refractivity contribution >= 4 is 50.3 Å². The van der Waals surface area contributed by atoms with Gasteiger partial charge in [0.25, 0.3) is 11.5 Å². The molecule has 1 N–H and O–H groups in total. The summed E-state index contributed by atoms with van der Waals surface area (Å²) in [4.78, 5) is 31.8. The van der Waals surface area contributed by atoms with Gasteiger partial charge >= 0.3 is 0 Å². The first-order valence-electron chi connectivity index (χ1n) is 10.9. The first-order valence-corrected chi connectivity index (χ1v) is 11.7. The molecule has 0 atom stereocenters. The fraction of sp³-hybridized carbons (Fsp3) is 0.154. The largest absolute Gasteiger partial charge is 0.483 e. The molecule has 0 bridgehead atoms. The molecule has 36 heavy (non-hydrogen) atoms. The second-order valence-corrected chi connectivity index (χ2v) is 9.06. The molecule has 4 rings (SSSR count). The second-order valence-electron chi connectivity index (χ2n) is 8.14. The molecule has 0 radical (unpaired) electrons. The van der Waals surface area contributed by atoms with Gasteiger partial charge in [-0.25, -0.2) is 9.37 Å². The van der Waals surface area contributed by atoms with Gasteiger partial charge in [0.15, 0.2) is 6.61 Å². The minimum Gasteiger partial charge on any atom is -0.483 e. The summed E-state index contributed by atoms with van der Waals surface area (Å²) in [6, 6.07) is 16.2. The Morgan fingerprint density at radius 1 is 1.17 bits per heavy atom. The van der Waals surface area contributed by atoms with Gasteiger partial charge in [0.05, 0.1) is 17.1 Å². The van der Waals surface area contributed by atoms with Crippen molar-refractivity contribution in [1.82, 2.24) is 9.66 Å². The van der Waals surface area contributed by atoms with E-state index in [0.717, 1.165) is 10.2 Å². The number of nitrogens with zero attached hydrogens (tertiary/aromatic N) is 4. The predicted molar refractivity (Wildman–Crippen MR) is 143 cm³/mol. The van der Waals surface area contributed by atoms with E-state index in [0.29, 0.717) is 33.7 Å². The van der Waals surface area contributed by atoms with Gasteiger partial charge < -0.3 is 15.0 Å². The summed E-state index contributed by atoms with van der Waals surface area (Å²) in [5.74, 6) is 0.0342. The third-order valence-electron chi connectivity index (χ3n) is 5.28. The summed E-state index contributed by atoms with van der Waals surface area (Å²) in [6.07, 6.45) is 1.49. The van der Waals surface area contributed by atoms with Crippen molar-refractivity contribution in [2.45, 2.75) is 6.92 Å². The summed E-state index contributed by atoms with van der Waals surface area (Å²) in [5.41, 5.74) is 2.15. The van der Waals surface area contributed by atoms with E-state index in [4.69, 9.17) is 4.74 Å². The average Bonchev–Trinajstić information content (AvgIpc) is 2.85. The standard InChI is InChI=1S/C26H23BrFN5O3/c1-16-30-23-11-5-18(27)12-22(23)26(35)33(16)29-14-17-4-10-21(32(2)3)13-24(17)36-15-25(34)31-20-8-6-19(28)7-9-20/h4-14H,15H2,1-3H3,(H,31,34). The Labute approximate surface area is 215 Å². The Hall–Kier alpha value is -4.05. The molecule has 0 saturated heterocycles. The SMILES string of the molecule is Cc1nc2ccc(Br)cc2c(=O)n1N=Cc1ccc(N(C)C)cc1OCC(=O)Nc1ccc(F)cc1. The molecule has 4 aromatic rings. The van der Waals surface area contributed by atoms with Crippen LogP contribution in [0.3, 0.4) is 0 Å². The van der Waals surface area contributed by atoms with E-state index in [1.165, 1.54) is 35.2 Å². The number of fused-ring (bicyclic) bond motifs is 1. The van der Waals surface area contributed by atoms with Crippen molar-refractivity contribution in [2.24, 2.45) is 5.10 Å². The number of hydrogen-bond acceptors (Lipinski definition) is 6. The van der Waals surface area contributed by atoms with Gasteiger partial charge in [-0.2, -0.15) is 9.78 Å². The number of nitrogens with one attached hydrogen (secondary N) is 1. The minimum absolute atomic E-state index is 0.278. The zero-order chi connectivity index (χ0) is 25.8. The summed E-state index contributed by atoms with van der Waals surface area (Å²) in [7, 11) is 3.77. The van der Waals surface area contributed by atoms with Crippen LogP contribution in [0.2, 0.25) is 0 Å². The number of amides is 1. The van der Waals surface area contributed by atoms with Gasteiger partial charge in [-0.15, -0.1) is 0 Å². The van der Waals surface area contributed by atoms with Crippen molar-refractivity contribution in [2.75, 3.05) is 30.9 Å². The minimum atomic E-state index is -0.406. The highest BCUT2D eigenvalue weighted by Gasteiger charge is 2.11. The van der Waals surface area contributed by atoms with Crippen molar-refractivity contribution in [1.29, 1.82) is 0 Å². The zero-order valence-electron chi connectivity index (χ0n) is 19.8. The van der Waals surface area contributed by atoms with Crippen LogP contribution in [0, 0.1) is 12.7 Å². The fourth-order valence-corrected chi connectivity index (χ4v) is 3.78. The van der Waals surface area contributed by atoms with Gasteiger partial charge in [-0.05, 0) is 61.5 Å². The van der Waals surface area contributed by atoms with Crippen LogP contribution in [-0.2, 0) is 4.79 Å². The molecule has 1 heterocycles. The van der Waals surface area contributed by atoms with Crippen molar-refractivity contribution in [3.05, 3.63) is 92.7 Å². The van der Waals surface area contributed by atoms with Crippen LogP contribution in [0.15, 0.2) is 75.0 Å². The first-order chi connectivity index (χ1) is 17.2. The molecule has 0 aliphatic rings. The Morgan fingerprint density at radius 2 is 1.92 bits per heavy atom. The summed E-state index contributed by atoms with van der Waals surface area (Å²) >= 11 is 3.38. The number of aryl methyl sites for hydroxylation is 1. The van der Waals surface area contributed by atoms with E-state index in [1.54, 1.807) is 31.2 Å². The number of rotatable bonds is 7. The molecule has 0 unspecified atom stereocenters. The van der Waals surface area contributed by atoms with E-state index >= 15 is 0 Å². The van der Waals surface area contributed by atoms with Gasteiger partial charge in [0, 0.05) is 41.6 Å². The summed E-state index contributed by atoms with van der Waals surface area (Å²) in [5, 5.41) is 7.46. The third-order valence-corrected chi connectivity index (χ3v) is 5.78. The van der Waals surface area contributed by atoms with E-state index in [2.05, 4.69) is 31.3 Å². The Morgan fingerprint density at radius 3 is 2.64 bits per heavy atom. The normalized spacial score (nSPS) is 11.1. The van der Waals surface area contributed by atoms with Crippen LogP contribution in [0.25, 0.3) is 10.9 Å². The van der Waals surface area contributed by atoms with E-state index < -0.39 is 11.7 Å². The summed E-state index contributed by atoms with van der Waals surface area (Å²) < 4.78 is 20.9. The topological polar surface area (TPSA) is 88.8 Å². The average molecular weight is 552 g/mol. The van der Waals surface area contributed by atoms with Crippen LogP contribution >= 0.6 is 15.9 Å². The molecule has 1 amide bonds. The highest BCUT2D eigenvalue weighted by atomic mass is 79.9. The second kappa shape index (κ2) is 10.7. The predicted octanol–water partition coefficient (Wildman–Crippen LogP) is 4.57. The molecule has 0 saturated carbocycles. The van der Waals surface area contributed by atoms with Crippen molar-refractivity contribution < 1.29 is 13.9 Å². The molecule has 3 aromatic carbocycles. The highest BCUT2D eigenvalue weighted by molar-refractivity contribution is 9.10. The number of halogens is 2. The third kappa shape index (κ3) is 5.77. The lowest BCUT2D eigenvalue weighted by Crippen LogP contribution is -2.21. The van der Waals surface area contributed by atoms with Crippen LogP contribution in [-0.4, -0.2) is 42.5 Å². The molecular formula is C26H23BrFN5O3. The number of hydrogen-bond donors (Lipinski definition) is 1. The Bertz CT molecular complexity index is 1520. The van der Waals surface area contributed by atoms with Crippen LogP contribution < -0.4 is 20.5 Å². The number of aromatic nitrogens is 2. The molecule has 0 fully saturated rings. The molecule has 0 aliphatic heterocycles. The number of anilines is 2. The number of benzene rings is 3. The quantitative estimate of drug-likeness (QED) is 0.340. The van der Waals surface area contributed by atoms with Crippen molar-refractivity contribution in [3.8, 4) is 5.75 Å². The molecule has 1 aromatic heterocycles. The molecule has 184 valence electrons. The molecule has 0 spiro atoms. The fourth-order valence-electron chi connectivity index (χ4n) is 3.42. The maximum Gasteiger partial charge on any atom is 0.282 e. The lowest BCUT2D eigenvalue weighted by Gasteiger charge is -2.16. The molecule has 8 nitrogen and oxygen atoms in total.